The number of urea groups is 1. The quantitative estimate of drug-likeness (QED) is 0.409. The van der Waals surface area contributed by atoms with Crippen LogP contribution in [-0.2, 0) is 23.9 Å². The first-order chi connectivity index (χ1) is 16.0. The van der Waals surface area contributed by atoms with Crippen LogP contribution in [0, 0.1) is 19.8 Å². The Morgan fingerprint density at radius 1 is 1.21 bits per heavy atom. The molecule has 3 rings (SSSR count). The minimum atomic E-state index is -1.20. The van der Waals surface area contributed by atoms with Crippen molar-refractivity contribution < 1.29 is 28.7 Å². The van der Waals surface area contributed by atoms with Crippen molar-refractivity contribution in [1.82, 2.24) is 15.5 Å². The van der Waals surface area contributed by atoms with Gasteiger partial charge in [-0.2, -0.15) is 0 Å². The largest absolute Gasteiger partial charge is 0.451 e. The predicted molar refractivity (Wildman–Crippen MR) is 124 cm³/mol. The lowest BCUT2D eigenvalue weighted by atomic mass is 9.73. The van der Waals surface area contributed by atoms with Gasteiger partial charge < -0.3 is 20.7 Å². The van der Waals surface area contributed by atoms with Gasteiger partial charge in [-0.15, -0.1) is 0 Å². The lowest BCUT2D eigenvalue weighted by molar-refractivity contribution is -0.157. The van der Waals surface area contributed by atoms with Gasteiger partial charge in [0.05, 0.1) is 6.54 Å². The van der Waals surface area contributed by atoms with E-state index in [2.05, 4.69) is 16.0 Å². The van der Waals surface area contributed by atoms with Crippen LogP contribution in [0.2, 0.25) is 0 Å². The summed E-state index contributed by atoms with van der Waals surface area (Å²) in [4.78, 5) is 63.1. The van der Waals surface area contributed by atoms with Crippen molar-refractivity contribution in [3.63, 3.8) is 0 Å². The standard InChI is InChI=1S/C24H32N4O6/c1-14-8-7-9-15(2)20(14)26-18(29)12-25-21(31)17(4)34-19(30)13-28-22(32)24(27-23(28)33)11-6-5-10-16(24)3/h7-9,16-17H,5-6,10-13H2,1-4H3,(H,25,31)(H,26,29)(H,27,33). The van der Waals surface area contributed by atoms with Crippen molar-refractivity contribution in [2.24, 2.45) is 5.92 Å². The molecule has 1 heterocycles. The van der Waals surface area contributed by atoms with Crippen LogP contribution in [0.1, 0.15) is 50.7 Å². The number of nitrogens with zero attached hydrogens (tertiary/aromatic N) is 1. The second kappa shape index (κ2) is 10.2. The van der Waals surface area contributed by atoms with Crippen molar-refractivity contribution in [1.29, 1.82) is 0 Å². The van der Waals surface area contributed by atoms with E-state index in [1.165, 1.54) is 6.92 Å². The van der Waals surface area contributed by atoms with Gasteiger partial charge in [0, 0.05) is 5.69 Å². The van der Waals surface area contributed by atoms with Crippen molar-refractivity contribution in [3.05, 3.63) is 29.3 Å². The van der Waals surface area contributed by atoms with Crippen molar-refractivity contribution in [2.45, 2.75) is 65.0 Å². The van der Waals surface area contributed by atoms with Gasteiger partial charge in [-0.05, 0) is 50.7 Å². The molecule has 10 nitrogen and oxygen atoms in total. The van der Waals surface area contributed by atoms with Crippen LogP contribution in [0.5, 0.6) is 0 Å². The Hall–Kier alpha value is -3.43. The zero-order chi connectivity index (χ0) is 25.0. The Kier molecular flexibility index (Phi) is 7.58. The summed E-state index contributed by atoms with van der Waals surface area (Å²) in [5, 5.41) is 7.94. The lowest BCUT2D eigenvalue weighted by Gasteiger charge is -2.36. The number of esters is 1. The minimum Gasteiger partial charge on any atom is -0.451 e. The molecule has 1 aliphatic carbocycles. The molecule has 1 saturated carbocycles. The number of nitrogens with one attached hydrogen (secondary N) is 3. The Labute approximate surface area is 198 Å². The summed E-state index contributed by atoms with van der Waals surface area (Å²) < 4.78 is 5.11. The zero-order valence-corrected chi connectivity index (χ0v) is 20.0. The van der Waals surface area contributed by atoms with Crippen LogP contribution >= 0.6 is 0 Å². The maximum absolute atomic E-state index is 12.9. The molecular formula is C24H32N4O6. The van der Waals surface area contributed by atoms with E-state index in [1.54, 1.807) is 0 Å². The molecule has 5 amide bonds. The molecule has 2 fully saturated rings. The minimum absolute atomic E-state index is 0.0296. The molecule has 1 spiro atoms. The maximum Gasteiger partial charge on any atom is 0.327 e. The summed E-state index contributed by atoms with van der Waals surface area (Å²) in [6.07, 6.45) is 1.96. The molecule has 1 aromatic rings. The molecule has 3 atom stereocenters. The van der Waals surface area contributed by atoms with Crippen molar-refractivity contribution >= 4 is 35.4 Å². The molecule has 10 heteroatoms. The smallest absolute Gasteiger partial charge is 0.327 e. The van der Waals surface area contributed by atoms with Gasteiger partial charge in [0.25, 0.3) is 11.8 Å². The van der Waals surface area contributed by atoms with Crippen LogP contribution in [-0.4, -0.2) is 59.4 Å². The number of carbonyl (C=O) groups is 5. The summed E-state index contributed by atoms with van der Waals surface area (Å²) >= 11 is 0. The summed E-state index contributed by atoms with van der Waals surface area (Å²) in [7, 11) is 0. The fraction of sp³-hybridized carbons (Fsp3) is 0.542. The molecular weight excluding hydrogens is 440 g/mol. The number of rotatable bonds is 7. The van der Waals surface area contributed by atoms with Gasteiger partial charge in [-0.25, -0.2) is 4.79 Å². The van der Waals surface area contributed by atoms with E-state index in [4.69, 9.17) is 4.74 Å². The summed E-state index contributed by atoms with van der Waals surface area (Å²) in [6.45, 7) is 6.12. The molecule has 1 saturated heterocycles. The highest BCUT2D eigenvalue weighted by molar-refractivity contribution is 6.09. The molecule has 0 aromatic heterocycles. The molecule has 0 radical (unpaired) electrons. The highest BCUT2D eigenvalue weighted by Crippen LogP contribution is 2.38. The van der Waals surface area contributed by atoms with Gasteiger partial charge >= 0.3 is 12.0 Å². The monoisotopic (exact) mass is 472 g/mol. The summed E-state index contributed by atoms with van der Waals surface area (Å²) in [6, 6.07) is 4.99. The number of ether oxygens (including phenoxy) is 1. The number of hydrogen-bond acceptors (Lipinski definition) is 6. The topological polar surface area (TPSA) is 134 Å². The fourth-order valence-electron chi connectivity index (χ4n) is 4.56. The first kappa shape index (κ1) is 25.2. The Morgan fingerprint density at radius 2 is 1.88 bits per heavy atom. The van der Waals surface area contributed by atoms with Crippen molar-refractivity contribution in [3.8, 4) is 0 Å². The first-order valence-corrected chi connectivity index (χ1v) is 11.5. The second-order valence-corrected chi connectivity index (χ2v) is 9.10. The number of para-hydroxylation sites is 1. The third-order valence-corrected chi connectivity index (χ3v) is 6.63. The van der Waals surface area contributed by atoms with Gasteiger partial charge in [-0.1, -0.05) is 38.0 Å². The van der Waals surface area contributed by atoms with Gasteiger partial charge in [-0.3, -0.25) is 24.1 Å². The second-order valence-electron chi connectivity index (χ2n) is 9.10. The molecule has 3 N–H and O–H groups in total. The normalized spacial score (nSPS) is 22.8. The van der Waals surface area contributed by atoms with E-state index in [-0.39, 0.29) is 12.5 Å². The lowest BCUT2D eigenvalue weighted by Crippen LogP contribution is -2.54. The average Bonchev–Trinajstić information content (AvgIpc) is 3.01. The van der Waals surface area contributed by atoms with Crippen LogP contribution in [0.25, 0.3) is 0 Å². The number of aryl methyl sites for hydroxylation is 2. The Balaban J connectivity index is 1.48. The number of amides is 5. The van der Waals surface area contributed by atoms with Gasteiger partial charge in [0.1, 0.15) is 12.1 Å². The number of imide groups is 1. The van der Waals surface area contributed by atoms with E-state index in [1.807, 2.05) is 39.0 Å². The SMILES string of the molecule is Cc1cccc(C)c1NC(=O)CNC(=O)C(C)OC(=O)CN1C(=O)NC2(CCCCC2C)C1=O. The third-order valence-electron chi connectivity index (χ3n) is 6.63. The molecule has 2 aliphatic rings. The summed E-state index contributed by atoms with van der Waals surface area (Å²) in [5.74, 6) is -2.43. The highest BCUT2D eigenvalue weighted by Gasteiger charge is 2.55. The average molecular weight is 473 g/mol. The van der Waals surface area contributed by atoms with E-state index in [0.717, 1.165) is 35.3 Å². The van der Waals surface area contributed by atoms with Gasteiger partial charge in [0.15, 0.2) is 6.10 Å². The van der Waals surface area contributed by atoms with Crippen molar-refractivity contribution in [2.75, 3.05) is 18.4 Å². The molecule has 3 unspecified atom stereocenters. The van der Waals surface area contributed by atoms with E-state index in [0.29, 0.717) is 12.1 Å². The number of carbonyl (C=O) groups excluding carboxylic acids is 5. The predicted octanol–water partition coefficient (Wildman–Crippen LogP) is 1.79. The fourth-order valence-corrected chi connectivity index (χ4v) is 4.56. The molecule has 0 bridgehead atoms. The third kappa shape index (κ3) is 5.21. The maximum atomic E-state index is 12.9. The summed E-state index contributed by atoms with van der Waals surface area (Å²) in [5.41, 5.74) is 1.50. The van der Waals surface area contributed by atoms with Crippen LogP contribution in [0.4, 0.5) is 10.5 Å². The molecule has 1 aliphatic heterocycles. The number of hydrogen-bond donors (Lipinski definition) is 3. The highest BCUT2D eigenvalue weighted by atomic mass is 16.5. The number of benzene rings is 1. The van der Waals surface area contributed by atoms with Crippen LogP contribution < -0.4 is 16.0 Å². The first-order valence-electron chi connectivity index (χ1n) is 11.5. The van der Waals surface area contributed by atoms with Gasteiger partial charge in [0.2, 0.25) is 5.91 Å². The van der Waals surface area contributed by atoms with E-state index >= 15 is 0 Å². The Morgan fingerprint density at radius 3 is 2.53 bits per heavy atom. The molecule has 1 aromatic carbocycles. The van der Waals surface area contributed by atoms with E-state index in [9.17, 15) is 24.0 Å². The Bertz CT molecular complexity index is 989. The van der Waals surface area contributed by atoms with Crippen LogP contribution in [0.3, 0.4) is 0 Å². The molecule has 184 valence electrons. The zero-order valence-electron chi connectivity index (χ0n) is 20.0. The van der Waals surface area contributed by atoms with E-state index < -0.39 is 47.9 Å². The molecule has 34 heavy (non-hydrogen) atoms. The number of anilines is 1. The van der Waals surface area contributed by atoms with Crippen LogP contribution in [0.15, 0.2) is 18.2 Å².